The van der Waals surface area contributed by atoms with Gasteiger partial charge in [-0.2, -0.15) is 18.3 Å². The van der Waals surface area contributed by atoms with Crippen LogP contribution in [0.5, 0.6) is 5.75 Å². The third-order valence-electron chi connectivity index (χ3n) is 5.97. The number of hydrazone groups is 1. The van der Waals surface area contributed by atoms with Crippen LogP contribution in [0.1, 0.15) is 15.9 Å². The lowest BCUT2D eigenvalue weighted by Crippen LogP contribution is -2.28. The van der Waals surface area contributed by atoms with Crippen LogP contribution in [-0.2, 0) is 14.8 Å². The average molecular weight is 583 g/mol. The minimum absolute atomic E-state index is 0.0291. The van der Waals surface area contributed by atoms with E-state index in [4.69, 9.17) is 21.5 Å². The maximum Gasteiger partial charge on any atom is 0.491 e. The molecular formula is C28H21F3N4O5S. The number of alkyl halides is 3. The number of primary amides is 1. The molecular weight excluding hydrogens is 561 g/mol. The molecule has 4 aromatic carbocycles. The summed E-state index contributed by atoms with van der Waals surface area (Å²) in [5.41, 5.74) is 7.03. The van der Waals surface area contributed by atoms with Gasteiger partial charge >= 0.3 is 12.1 Å². The topological polar surface area (TPSA) is 168 Å². The van der Waals surface area contributed by atoms with E-state index in [1.165, 1.54) is 79.0 Å². The van der Waals surface area contributed by atoms with Crippen molar-refractivity contribution in [1.82, 2.24) is 0 Å². The van der Waals surface area contributed by atoms with Gasteiger partial charge in [0.1, 0.15) is 5.75 Å². The van der Waals surface area contributed by atoms with E-state index in [9.17, 15) is 31.2 Å². The standard InChI is InChI=1S/C28H21F3N4O5S/c29-28(30,31)27(37)40-25-21(13-14-22(26(32)36)24(25)19-7-5-16(6-8-19)15-35-33)18-11-9-17(10-12-18)20-3-1-2-4-23(20)41(34,38)39/h1-15H,33H2,(H2,32,36)(H2,34,38,39)/b35-15+. The minimum atomic E-state index is -5.35. The molecule has 0 aliphatic rings. The number of hydrogen-bond donors (Lipinski definition) is 3. The number of hydrogen-bond acceptors (Lipinski definition) is 7. The second-order valence-corrected chi connectivity index (χ2v) is 10.2. The number of rotatable bonds is 7. The van der Waals surface area contributed by atoms with E-state index in [0.29, 0.717) is 16.7 Å². The lowest BCUT2D eigenvalue weighted by molar-refractivity contribution is -0.189. The first-order chi connectivity index (χ1) is 19.3. The molecule has 4 aromatic rings. The normalized spacial score (nSPS) is 11.9. The largest absolute Gasteiger partial charge is 0.491 e. The predicted octanol–water partition coefficient (Wildman–Crippen LogP) is 4.19. The molecule has 1 amide bonds. The van der Waals surface area contributed by atoms with Crippen LogP contribution in [0.25, 0.3) is 33.4 Å². The molecule has 0 spiro atoms. The van der Waals surface area contributed by atoms with Crippen LogP contribution in [0, 0.1) is 0 Å². The molecule has 210 valence electrons. The molecule has 0 fully saturated rings. The lowest BCUT2D eigenvalue weighted by atomic mass is 9.91. The fourth-order valence-corrected chi connectivity index (χ4v) is 4.92. The molecule has 0 aromatic heterocycles. The Hall–Kier alpha value is -5.01. The summed E-state index contributed by atoms with van der Waals surface area (Å²) in [5.74, 6) is 1.13. The Balaban J connectivity index is 1.93. The molecule has 0 aliphatic heterocycles. The number of ether oxygens (including phenoxy) is 1. The Morgan fingerprint density at radius 1 is 0.805 bits per heavy atom. The fourth-order valence-electron chi connectivity index (χ4n) is 4.16. The van der Waals surface area contributed by atoms with Gasteiger partial charge in [0.2, 0.25) is 15.9 Å². The zero-order chi connectivity index (χ0) is 29.9. The Morgan fingerprint density at radius 3 is 1.90 bits per heavy atom. The number of halogens is 3. The Labute approximate surface area is 232 Å². The molecule has 0 unspecified atom stereocenters. The van der Waals surface area contributed by atoms with Crippen LogP contribution < -0.4 is 21.5 Å². The van der Waals surface area contributed by atoms with Crippen molar-refractivity contribution >= 4 is 28.1 Å². The molecule has 0 aliphatic carbocycles. The van der Waals surface area contributed by atoms with Crippen LogP contribution in [0.15, 0.2) is 94.9 Å². The molecule has 0 atom stereocenters. The maximum absolute atomic E-state index is 13.3. The van der Waals surface area contributed by atoms with Gasteiger partial charge in [-0.3, -0.25) is 4.79 Å². The van der Waals surface area contributed by atoms with Gasteiger partial charge in [-0.1, -0.05) is 66.7 Å². The first kappa shape index (κ1) is 29.0. The Morgan fingerprint density at radius 2 is 1.37 bits per heavy atom. The van der Waals surface area contributed by atoms with Crippen molar-refractivity contribution in [3.05, 3.63) is 96.1 Å². The molecule has 0 radical (unpaired) electrons. The van der Waals surface area contributed by atoms with E-state index in [0.717, 1.165) is 0 Å². The summed E-state index contributed by atoms with van der Waals surface area (Å²) in [7, 11) is -4.06. The maximum atomic E-state index is 13.3. The fraction of sp³-hybridized carbons (Fsp3) is 0.0357. The van der Waals surface area contributed by atoms with Gasteiger partial charge in [-0.25, -0.2) is 18.4 Å². The first-order valence-corrected chi connectivity index (χ1v) is 13.2. The van der Waals surface area contributed by atoms with Crippen molar-refractivity contribution in [2.45, 2.75) is 11.1 Å². The van der Waals surface area contributed by atoms with Crippen LogP contribution in [0.3, 0.4) is 0 Å². The van der Waals surface area contributed by atoms with Crippen molar-refractivity contribution in [3.8, 4) is 39.1 Å². The highest BCUT2D eigenvalue weighted by Gasteiger charge is 2.42. The zero-order valence-electron chi connectivity index (χ0n) is 20.9. The van der Waals surface area contributed by atoms with Crippen LogP contribution in [-0.4, -0.2) is 32.7 Å². The highest BCUT2D eigenvalue weighted by molar-refractivity contribution is 7.89. The minimum Gasteiger partial charge on any atom is -0.419 e. The lowest BCUT2D eigenvalue weighted by Gasteiger charge is -2.19. The summed E-state index contributed by atoms with van der Waals surface area (Å²) in [5, 5.41) is 8.74. The number of carbonyl (C=O) groups is 2. The smallest absolute Gasteiger partial charge is 0.419 e. The quantitative estimate of drug-likeness (QED) is 0.0971. The van der Waals surface area contributed by atoms with Crippen LogP contribution in [0.2, 0.25) is 0 Å². The second kappa shape index (κ2) is 11.2. The number of nitrogens with two attached hydrogens (primary N) is 3. The second-order valence-electron chi connectivity index (χ2n) is 8.64. The predicted molar refractivity (Wildman–Crippen MR) is 146 cm³/mol. The van der Waals surface area contributed by atoms with E-state index in [1.807, 2.05) is 0 Å². The highest BCUT2D eigenvalue weighted by atomic mass is 32.2. The third-order valence-corrected chi connectivity index (χ3v) is 6.94. The molecule has 0 saturated carbocycles. The molecule has 41 heavy (non-hydrogen) atoms. The first-order valence-electron chi connectivity index (χ1n) is 11.6. The molecule has 6 N–H and O–H groups in total. The monoisotopic (exact) mass is 582 g/mol. The molecule has 0 saturated heterocycles. The van der Waals surface area contributed by atoms with Crippen LogP contribution >= 0.6 is 0 Å². The molecule has 13 heteroatoms. The summed E-state index contributed by atoms with van der Waals surface area (Å²) < 4.78 is 68.9. The van der Waals surface area contributed by atoms with Crippen molar-refractivity contribution < 1.29 is 35.9 Å². The Bertz CT molecular complexity index is 1770. The van der Waals surface area contributed by atoms with Crippen LogP contribution in [0.4, 0.5) is 13.2 Å². The number of esters is 1. The SMILES string of the molecule is N/N=C/c1ccc(-c2c(C(N)=O)ccc(-c3ccc(-c4ccccc4S(N)(=O)=O)cc3)c2OC(=O)C(F)(F)F)cc1. The number of primary sulfonamides is 1. The van der Waals surface area contributed by atoms with Gasteiger partial charge in [0.25, 0.3) is 0 Å². The number of nitrogens with zero attached hydrogens (tertiary/aromatic N) is 1. The molecule has 4 rings (SSSR count). The number of benzene rings is 4. The van der Waals surface area contributed by atoms with E-state index < -0.39 is 33.8 Å². The van der Waals surface area contributed by atoms with Crippen molar-refractivity contribution in [2.75, 3.05) is 0 Å². The summed E-state index contributed by atoms with van der Waals surface area (Å²) in [6.45, 7) is 0. The average Bonchev–Trinajstić information content (AvgIpc) is 2.92. The molecule has 9 nitrogen and oxygen atoms in total. The summed E-state index contributed by atoms with van der Waals surface area (Å²) in [6, 6.07) is 20.7. The third kappa shape index (κ3) is 6.26. The zero-order valence-corrected chi connectivity index (χ0v) is 21.7. The van der Waals surface area contributed by atoms with E-state index in [1.54, 1.807) is 12.1 Å². The van der Waals surface area contributed by atoms with Crippen molar-refractivity contribution in [1.29, 1.82) is 0 Å². The van der Waals surface area contributed by atoms with Crippen molar-refractivity contribution in [2.24, 2.45) is 21.8 Å². The van der Waals surface area contributed by atoms with E-state index in [-0.39, 0.29) is 32.7 Å². The highest BCUT2D eigenvalue weighted by Crippen LogP contribution is 2.43. The van der Waals surface area contributed by atoms with Gasteiger partial charge in [0.05, 0.1) is 16.7 Å². The van der Waals surface area contributed by atoms with Gasteiger partial charge in [0, 0.05) is 16.7 Å². The van der Waals surface area contributed by atoms with Crippen molar-refractivity contribution in [3.63, 3.8) is 0 Å². The van der Waals surface area contributed by atoms with Gasteiger partial charge in [-0.05, 0) is 40.5 Å². The summed E-state index contributed by atoms with van der Waals surface area (Å²) >= 11 is 0. The van der Waals surface area contributed by atoms with Gasteiger partial charge < -0.3 is 16.3 Å². The summed E-state index contributed by atoms with van der Waals surface area (Å²) in [6.07, 6.45) is -4.02. The number of carbonyl (C=O) groups excluding carboxylic acids is 2. The summed E-state index contributed by atoms with van der Waals surface area (Å²) in [4.78, 5) is 24.2. The molecule has 0 heterocycles. The van der Waals surface area contributed by atoms with E-state index >= 15 is 0 Å². The van der Waals surface area contributed by atoms with E-state index in [2.05, 4.69) is 5.10 Å². The van der Waals surface area contributed by atoms with Gasteiger partial charge in [-0.15, -0.1) is 0 Å². The molecule has 0 bridgehead atoms. The number of sulfonamides is 1. The Kier molecular flexibility index (Phi) is 7.94. The number of amides is 1. The van der Waals surface area contributed by atoms with Gasteiger partial charge in [0.15, 0.2) is 0 Å².